The molecule has 1 atom stereocenters. The maximum Gasteiger partial charge on any atom is 0.287 e. The Kier molecular flexibility index (Phi) is 5.79. The molecule has 9 nitrogen and oxygen atoms in total. The number of aromatic amines is 1. The van der Waals surface area contributed by atoms with E-state index in [1.54, 1.807) is 36.8 Å². The lowest BCUT2D eigenvalue weighted by molar-refractivity contribution is -0.385. The van der Waals surface area contributed by atoms with E-state index in [2.05, 4.69) is 25.3 Å². The fraction of sp³-hybridized carbons (Fsp3) is 0.100. The van der Waals surface area contributed by atoms with E-state index in [4.69, 9.17) is 28.2 Å². The maximum atomic E-state index is 10.8. The van der Waals surface area contributed by atoms with Gasteiger partial charge in [-0.1, -0.05) is 23.2 Å². The molecule has 0 amide bonds. The van der Waals surface area contributed by atoms with E-state index in [-0.39, 0.29) is 11.7 Å². The lowest BCUT2D eigenvalue weighted by Crippen LogP contribution is -2.12. The molecule has 4 rings (SSSR count). The van der Waals surface area contributed by atoms with Crippen LogP contribution in [0.1, 0.15) is 18.8 Å². The SMILES string of the molecule is CC(Nc1ccc([N+](=O)[O-])cn1)c1ncc(-c2ncc[nH]2)c(-c2ccc(Cl)cc2Cl)n1. The minimum absolute atomic E-state index is 0.0862. The smallest absolute Gasteiger partial charge is 0.287 e. The van der Waals surface area contributed by atoms with Gasteiger partial charge in [0.2, 0.25) is 0 Å². The van der Waals surface area contributed by atoms with Gasteiger partial charge in [0.15, 0.2) is 5.82 Å². The van der Waals surface area contributed by atoms with Gasteiger partial charge in [-0.05, 0) is 31.2 Å². The van der Waals surface area contributed by atoms with Crippen LogP contribution in [0.4, 0.5) is 11.5 Å². The number of aromatic nitrogens is 5. The Bertz CT molecular complexity index is 1230. The second-order valence-corrected chi connectivity index (χ2v) is 7.42. The van der Waals surface area contributed by atoms with Crippen LogP contribution in [0.25, 0.3) is 22.6 Å². The van der Waals surface area contributed by atoms with Gasteiger partial charge in [-0.2, -0.15) is 0 Å². The highest BCUT2D eigenvalue weighted by molar-refractivity contribution is 6.36. The quantitative estimate of drug-likeness (QED) is 0.298. The van der Waals surface area contributed by atoms with Gasteiger partial charge in [-0.15, -0.1) is 0 Å². The average Bonchev–Trinajstić information content (AvgIpc) is 3.28. The first-order valence-electron chi connectivity index (χ1n) is 9.11. The minimum Gasteiger partial charge on any atom is -0.360 e. The molecule has 0 aliphatic carbocycles. The lowest BCUT2D eigenvalue weighted by atomic mass is 10.1. The molecular formula is C20H15Cl2N7O2. The van der Waals surface area contributed by atoms with Crippen molar-refractivity contribution in [3.8, 4) is 22.6 Å². The van der Waals surface area contributed by atoms with Crippen molar-refractivity contribution in [2.75, 3.05) is 5.32 Å². The summed E-state index contributed by atoms with van der Waals surface area (Å²) in [6.45, 7) is 1.86. The van der Waals surface area contributed by atoms with Gasteiger partial charge in [-0.25, -0.2) is 19.9 Å². The number of nitrogens with zero attached hydrogens (tertiary/aromatic N) is 5. The predicted octanol–water partition coefficient (Wildman–Crippen LogP) is 5.32. The standard InChI is InChI=1S/C20H15Cl2N7O2/c1-11(27-17-5-3-13(9-25-17)29(30)31)19-26-10-15(20-23-6-7-24-20)18(28-19)14-4-2-12(21)8-16(14)22/h2-11H,1H3,(H,23,24)(H,25,27). The third-order valence-electron chi connectivity index (χ3n) is 4.46. The summed E-state index contributed by atoms with van der Waals surface area (Å²) in [6, 6.07) is 7.74. The van der Waals surface area contributed by atoms with Gasteiger partial charge in [-0.3, -0.25) is 10.1 Å². The maximum absolute atomic E-state index is 10.8. The molecule has 0 saturated heterocycles. The highest BCUT2D eigenvalue weighted by atomic mass is 35.5. The first-order chi connectivity index (χ1) is 14.9. The number of benzene rings is 1. The Morgan fingerprint density at radius 1 is 1.10 bits per heavy atom. The zero-order valence-electron chi connectivity index (χ0n) is 16.1. The molecule has 3 heterocycles. The topological polar surface area (TPSA) is 123 Å². The normalized spacial score (nSPS) is 11.8. The molecule has 31 heavy (non-hydrogen) atoms. The van der Waals surface area contributed by atoms with E-state index in [1.165, 1.54) is 18.3 Å². The first kappa shape index (κ1) is 20.7. The molecule has 0 aliphatic rings. The first-order valence-corrected chi connectivity index (χ1v) is 9.87. The van der Waals surface area contributed by atoms with Crippen LogP contribution in [0.2, 0.25) is 10.0 Å². The Balaban J connectivity index is 1.71. The van der Waals surface area contributed by atoms with Crippen molar-refractivity contribution in [3.05, 3.63) is 81.1 Å². The van der Waals surface area contributed by atoms with Gasteiger partial charge in [0.1, 0.15) is 17.8 Å². The van der Waals surface area contributed by atoms with Crippen LogP contribution in [0.5, 0.6) is 0 Å². The number of hydrogen-bond donors (Lipinski definition) is 2. The molecule has 4 aromatic rings. The van der Waals surface area contributed by atoms with Crippen molar-refractivity contribution in [2.24, 2.45) is 0 Å². The van der Waals surface area contributed by atoms with E-state index in [0.717, 1.165) is 0 Å². The molecule has 0 fully saturated rings. The summed E-state index contributed by atoms with van der Waals surface area (Å²) in [5, 5.41) is 14.9. The molecular weight excluding hydrogens is 441 g/mol. The summed E-state index contributed by atoms with van der Waals surface area (Å²) in [5.41, 5.74) is 1.87. The molecule has 0 radical (unpaired) electrons. The van der Waals surface area contributed by atoms with Crippen LogP contribution >= 0.6 is 23.2 Å². The molecule has 11 heteroatoms. The number of hydrogen-bond acceptors (Lipinski definition) is 7. The number of nitro groups is 1. The Morgan fingerprint density at radius 3 is 2.58 bits per heavy atom. The number of imidazole rings is 1. The average molecular weight is 456 g/mol. The molecule has 156 valence electrons. The summed E-state index contributed by atoms with van der Waals surface area (Å²) in [4.78, 5) is 30.9. The number of rotatable bonds is 6. The van der Waals surface area contributed by atoms with Gasteiger partial charge in [0.25, 0.3) is 5.69 Å². The number of halogens is 2. The van der Waals surface area contributed by atoms with Crippen molar-refractivity contribution in [2.45, 2.75) is 13.0 Å². The summed E-state index contributed by atoms with van der Waals surface area (Å²) < 4.78 is 0. The van der Waals surface area contributed by atoms with E-state index >= 15 is 0 Å². The Hall–Kier alpha value is -3.56. The zero-order valence-corrected chi connectivity index (χ0v) is 17.6. The zero-order chi connectivity index (χ0) is 22.0. The molecule has 2 N–H and O–H groups in total. The fourth-order valence-electron chi connectivity index (χ4n) is 2.94. The minimum atomic E-state index is -0.501. The second-order valence-electron chi connectivity index (χ2n) is 6.58. The van der Waals surface area contributed by atoms with Crippen LogP contribution in [-0.4, -0.2) is 29.8 Å². The summed E-state index contributed by atoms with van der Waals surface area (Å²) in [7, 11) is 0. The van der Waals surface area contributed by atoms with Gasteiger partial charge in [0.05, 0.1) is 27.2 Å². The Morgan fingerprint density at radius 2 is 1.94 bits per heavy atom. The summed E-state index contributed by atoms with van der Waals surface area (Å²) in [6.07, 6.45) is 6.21. The van der Waals surface area contributed by atoms with E-state index in [0.29, 0.717) is 44.3 Å². The van der Waals surface area contributed by atoms with Crippen molar-refractivity contribution in [3.63, 3.8) is 0 Å². The molecule has 3 aromatic heterocycles. The summed E-state index contributed by atoms with van der Waals surface area (Å²) in [5.74, 6) is 1.55. The lowest BCUT2D eigenvalue weighted by Gasteiger charge is -2.16. The largest absolute Gasteiger partial charge is 0.360 e. The third kappa shape index (κ3) is 4.47. The number of H-pyrrole nitrogens is 1. The van der Waals surface area contributed by atoms with Crippen molar-refractivity contribution in [1.82, 2.24) is 24.9 Å². The van der Waals surface area contributed by atoms with Crippen LogP contribution in [-0.2, 0) is 0 Å². The number of anilines is 1. The van der Waals surface area contributed by atoms with Gasteiger partial charge in [0, 0.05) is 35.2 Å². The fourth-order valence-corrected chi connectivity index (χ4v) is 3.44. The van der Waals surface area contributed by atoms with Crippen LogP contribution in [0.3, 0.4) is 0 Å². The Labute approximate surface area is 186 Å². The van der Waals surface area contributed by atoms with Crippen molar-refractivity contribution in [1.29, 1.82) is 0 Å². The van der Waals surface area contributed by atoms with E-state index in [1.807, 2.05) is 6.92 Å². The van der Waals surface area contributed by atoms with Crippen LogP contribution in [0, 0.1) is 10.1 Å². The molecule has 0 saturated carbocycles. The van der Waals surface area contributed by atoms with Crippen LogP contribution < -0.4 is 5.32 Å². The predicted molar refractivity (Wildman–Crippen MR) is 118 cm³/mol. The number of nitrogens with one attached hydrogen (secondary N) is 2. The van der Waals surface area contributed by atoms with Gasteiger partial charge >= 0.3 is 0 Å². The monoisotopic (exact) mass is 455 g/mol. The molecule has 1 unspecified atom stereocenters. The van der Waals surface area contributed by atoms with Crippen molar-refractivity contribution >= 4 is 34.7 Å². The van der Waals surface area contributed by atoms with E-state index < -0.39 is 4.92 Å². The highest BCUT2D eigenvalue weighted by Crippen LogP contribution is 2.35. The van der Waals surface area contributed by atoms with Crippen molar-refractivity contribution < 1.29 is 4.92 Å². The second kappa shape index (κ2) is 8.66. The highest BCUT2D eigenvalue weighted by Gasteiger charge is 2.19. The number of pyridine rings is 1. The van der Waals surface area contributed by atoms with E-state index in [9.17, 15) is 10.1 Å². The molecule has 0 bridgehead atoms. The third-order valence-corrected chi connectivity index (χ3v) is 5.01. The molecule has 0 aliphatic heterocycles. The molecule has 0 spiro atoms. The van der Waals surface area contributed by atoms with Crippen LogP contribution in [0.15, 0.2) is 55.1 Å². The molecule has 1 aromatic carbocycles. The van der Waals surface area contributed by atoms with Gasteiger partial charge < -0.3 is 10.3 Å². The summed E-state index contributed by atoms with van der Waals surface area (Å²) >= 11 is 12.5.